The van der Waals surface area contributed by atoms with Gasteiger partial charge in [-0.2, -0.15) is 0 Å². The summed E-state index contributed by atoms with van der Waals surface area (Å²) in [5.74, 6) is -0.395. The maximum atomic E-state index is 11.1. The number of carbonyl (C=O) groups is 1. The number of anilines is 2. The van der Waals surface area contributed by atoms with Gasteiger partial charge in [0.25, 0.3) is 0 Å². The van der Waals surface area contributed by atoms with Crippen LogP contribution in [0.5, 0.6) is 0 Å². The minimum Gasteiger partial charge on any atom is -0.457 e. The van der Waals surface area contributed by atoms with E-state index in [0.29, 0.717) is 5.69 Å². The lowest BCUT2D eigenvalue weighted by molar-refractivity contribution is -0.149. The molecule has 19 heavy (non-hydrogen) atoms. The first-order valence-electron chi connectivity index (χ1n) is 5.69. The van der Waals surface area contributed by atoms with E-state index in [1.165, 1.54) is 18.4 Å². The van der Waals surface area contributed by atoms with Crippen molar-refractivity contribution in [1.29, 1.82) is 0 Å². The Balaban J connectivity index is 1.87. The van der Waals surface area contributed by atoms with Crippen LogP contribution in [0.15, 0.2) is 35.7 Å². The quantitative estimate of drug-likeness (QED) is 0.823. The van der Waals surface area contributed by atoms with E-state index in [1.807, 2.05) is 35.7 Å². The van der Waals surface area contributed by atoms with Crippen LogP contribution in [0.25, 0.3) is 0 Å². The molecule has 1 aromatic heterocycles. The van der Waals surface area contributed by atoms with Gasteiger partial charge in [0.1, 0.15) is 13.2 Å². The number of hydrogen-bond acceptors (Lipinski definition) is 6. The number of para-hydroxylation sites is 1. The third-order valence-electron chi connectivity index (χ3n) is 2.22. The molecule has 0 unspecified atom stereocenters. The third kappa shape index (κ3) is 4.35. The molecule has 6 heteroatoms. The number of thiazole rings is 1. The van der Waals surface area contributed by atoms with Crippen molar-refractivity contribution in [2.24, 2.45) is 0 Å². The number of esters is 1. The highest BCUT2D eigenvalue weighted by molar-refractivity contribution is 7.13. The Hall–Kier alpha value is -1.92. The Morgan fingerprint density at radius 2 is 2.16 bits per heavy atom. The molecule has 100 valence electrons. The third-order valence-corrected chi connectivity index (χ3v) is 3.03. The smallest absolute Gasteiger partial charge is 0.332 e. The molecular formula is C13H14N2O3S. The number of ether oxygens (including phenoxy) is 2. The molecule has 0 atom stereocenters. The molecule has 5 nitrogen and oxygen atoms in total. The predicted octanol–water partition coefficient (Wildman–Crippen LogP) is 2.58. The largest absolute Gasteiger partial charge is 0.457 e. The second kappa shape index (κ2) is 6.86. The van der Waals surface area contributed by atoms with E-state index in [-0.39, 0.29) is 13.2 Å². The lowest BCUT2D eigenvalue weighted by Gasteiger charge is -2.02. The zero-order valence-electron chi connectivity index (χ0n) is 10.5. The number of benzene rings is 1. The van der Waals surface area contributed by atoms with E-state index in [0.717, 1.165) is 10.8 Å². The van der Waals surface area contributed by atoms with E-state index in [1.54, 1.807) is 0 Å². The van der Waals surface area contributed by atoms with Crippen molar-refractivity contribution in [1.82, 2.24) is 4.98 Å². The Kier molecular flexibility index (Phi) is 4.88. The zero-order valence-corrected chi connectivity index (χ0v) is 11.3. The van der Waals surface area contributed by atoms with Crippen molar-refractivity contribution in [2.75, 3.05) is 19.0 Å². The van der Waals surface area contributed by atoms with Crippen molar-refractivity contribution in [3.8, 4) is 0 Å². The summed E-state index contributed by atoms with van der Waals surface area (Å²) in [5.41, 5.74) is 1.69. The van der Waals surface area contributed by atoms with Gasteiger partial charge < -0.3 is 14.8 Å². The van der Waals surface area contributed by atoms with E-state index < -0.39 is 5.97 Å². The molecule has 0 bridgehead atoms. The molecular weight excluding hydrogens is 264 g/mol. The number of rotatable bonds is 6. The summed E-state index contributed by atoms with van der Waals surface area (Å²) in [6.07, 6.45) is 0. The Labute approximate surface area is 115 Å². The average molecular weight is 278 g/mol. The topological polar surface area (TPSA) is 60.5 Å². The van der Waals surface area contributed by atoms with Crippen LogP contribution < -0.4 is 5.32 Å². The lowest BCUT2D eigenvalue weighted by atomic mass is 10.3. The SMILES string of the molecule is COCC(=O)OCc1csc(Nc2ccccc2)n1. The fourth-order valence-electron chi connectivity index (χ4n) is 1.39. The highest BCUT2D eigenvalue weighted by atomic mass is 32.1. The molecule has 0 spiro atoms. The summed E-state index contributed by atoms with van der Waals surface area (Å²) in [6, 6.07) is 9.76. The monoisotopic (exact) mass is 278 g/mol. The molecule has 0 aliphatic carbocycles. The van der Waals surface area contributed by atoms with Crippen LogP contribution in [0.3, 0.4) is 0 Å². The minimum atomic E-state index is -0.395. The summed E-state index contributed by atoms with van der Waals surface area (Å²) >= 11 is 1.46. The van der Waals surface area contributed by atoms with Gasteiger partial charge >= 0.3 is 5.97 Å². The first-order valence-corrected chi connectivity index (χ1v) is 6.57. The van der Waals surface area contributed by atoms with Crippen LogP contribution in [0.2, 0.25) is 0 Å². The number of methoxy groups -OCH3 is 1. The molecule has 0 saturated heterocycles. The van der Waals surface area contributed by atoms with Gasteiger partial charge in [0.15, 0.2) is 5.13 Å². The van der Waals surface area contributed by atoms with Crippen molar-refractivity contribution < 1.29 is 14.3 Å². The van der Waals surface area contributed by atoms with E-state index in [2.05, 4.69) is 15.0 Å². The molecule has 0 radical (unpaired) electrons. The number of nitrogens with one attached hydrogen (secondary N) is 1. The molecule has 0 fully saturated rings. The Bertz CT molecular complexity index is 528. The number of hydrogen-bond donors (Lipinski definition) is 1. The Morgan fingerprint density at radius 1 is 1.37 bits per heavy atom. The standard InChI is InChI=1S/C13H14N2O3S/c1-17-8-12(16)18-7-11-9-19-13(15-11)14-10-5-3-2-4-6-10/h2-6,9H,7-8H2,1H3,(H,14,15). The van der Waals surface area contributed by atoms with Gasteiger partial charge in [0.05, 0.1) is 5.69 Å². The molecule has 2 aromatic rings. The van der Waals surface area contributed by atoms with Crippen LogP contribution in [-0.4, -0.2) is 24.7 Å². The van der Waals surface area contributed by atoms with Crippen molar-refractivity contribution in [2.45, 2.75) is 6.61 Å². The number of aromatic nitrogens is 1. The zero-order chi connectivity index (χ0) is 13.5. The average Bonchev–Trinajstić information content (AvgIpc) is 2.86. The van der Waals surface area contributed by atoms with Crippen molar-refractivity contribution >= 4 is 28.1 Å². The van der Waals surface area contributed by atoms with Crippen LogP contribution in [0.1, 0.15) is 5.69 Å². The number of nitrogens with zero attached hydrogens (tertiary/aromatic N) is 1. The minimum absolute atomic E-state index is 0.0424. The van der Waals surface area contributed by atoms with Crippen molar-refractivity contribution in [3.63, 3.8) is 0 Å². The molecule has 1 N–H and O–H groups in total. The fourth-order valence-corrected chi connectivity index (χ4v) is 2.10. The normalized spacial score (nSPS) is 10.2. The van der Waals surface area contributed by atoms with E-state index in [9.17, 15) is 4.79 Å². The fraction of sp³-hybridized carbons (Fsp3) is 0.231. The summed E-state index contributed by atoms with van der Waals surface area (Å²) in [4.78, 5) is 15.5. The second-order valence-electron chi connectivity index (χ2n) is 3.73. The van der Waals surface area contributed by atoms with Crippen molar-refractivity contribution in [3.05, 3.63) is 41.4 Å². The molecule has 1 aromatic carbocycles. The molecule has 0 aliphatic heterocycles. The molecule has 1 heterocycles. The molecule has 0 aliphatic rings. The first-order chi connectivity index (χ1) is 9.28. The molecule has 0 amide bonds. The van der Waals surface area contributed by atoms with Gasteiger partial charge in [-0.05, 0) is 12.1 Å². The first kappa shape index (κ1) is 13.5. The van der Waals surface area contributed by atoms with Gasteiger partial charge in [-0.3, -0.25) is 0 Å². The van der Waals surface area contributed by atoms with Gasteiger partial charge in [-0.25, -0.2) is 9.78 Å². The van der Waals surface area contributed by atoms with Gasteiger partial charge in [-0.15, -0.1) is 11.3 Å². The van der Waals surface area contributed by atoms with Gasteiger partial charge in [-0.1, -0.05) is 18.2 Å². The summed E-state index contributed by atoms with van der Waals surface area (Å²) in [5, 5.41) is 5.80. The Morgan fingerprint density at radius 3 is 2.89 bits per heavy atom. The number of carbonyl (C=O) groups excluding carboxylic acids is 1. The lowest BCUT2D eigenvalue weighted by Crippen LogP contribution is -2.10. The molecule has 2 rings (SSSR count). The second-order valence-corrected chi connectivity index (χ2v) is 4.59. The van der Waals surface area contributed by atoms with Crippen LogP contribution in [-0.2, 0) is 20.9 Å². The van der Waals surface area contributed by atoms with Crippen LogP contribution in [0.4, 0.5) is 10.8 Å². The highest BCUT2D eigenvalue weighted by Gasteiger charge is 2.06. The van der Waals surface area contributed by atoms with Crippen LogP contribution in [0, 0.1) is 0 Å². The van der Waals surface area contributed by atoms with Crippen LogP contribution >= 0.6 is 11.3 Å². The van der Waals surface area contributed by atoms with E-state index >= 15 is 0 Å². The summed E-state index contributed by atoms with van der Waals surface area (Å²) in [6.45, 7) is 0.119. The summed E-state index contributed by atoms with van der Waals surface area (Å²) in [7, 11) is 1.45. The van der Waals surface area contributed by atoms with E-state index in [4.69, 9.17) is 4.74 Å². The molecule has 0 saturated carbocycles. The van der Waals surface area contributed by atoms with Gasteiger partial charge in [0.2, 0.25) is 0 Å². The summed E-state index contributed by atoms with van der Waals surface area (Å²) < 4.78 is 9.66. The van der Waals surface area contributed by atoms with Gasteiger partial charge in [0, 0.05) is 18.2 Å². The predicted molar refractivity (Wildman–Crippen MR) is 73.5 cm³/mol. The maximum Gasteiger partial charge on any atom is 0.332 e. The highest BCUT2D eigenvalue weighted by Crippen LogP contribution is 2.20. The maximum absolute atomic E-state index is 11.1.